The van der Waals surface area contributed by atoms with Gasteiger partial charge >= 0.3 is 0 Å². The van der Waals surface area contributed by atoms with Crippen molar-refractivity contribution < 1.29 is 9.90 Å². The van der Waals surface area contributed by atoms with Crippen molar-refractivity contribution in [2.45, 2.75) is 89.6 Å². The normalized spacial score (nSPS) is 12.4. The Bertz CT molecular complexity index is 265. The van der Waals surface area contributed by atoms with Crippen molar-refractivity contribution in [3.05, 3.63) is 0 Å². The lowest BCUT2D eigenvalue weighted by Gasteiger charge is -2.10. The number of primary amides is 1. The van der Waals surface area contributed by atoms with E-state index in [1.165, 1.54) is 68.9 Å². The summed E-state index contributed by atoms with van der Waals surface area (Å²) in [6, 6.07) is 0. The van der Waals surface area contributed by atoms with Crippen LogP contribution in [-0.4, -0.2) is 34.2 Å². The van der Waals surface area contributed by atoms with Crippen molar-refractivity contribution in [1.82, 2.24) is 0 Å². The number of nitrogens with two attached hydrogens (primary N) is 1. The van der Waals surface area contributed by atoms with E-state index in [1.807, 2.05) is 11.8 Å². The molecule has 0 aliphatic carbocycles. The Hall–Kier alpha value is 0.130. The van der Waals surface area contributed by atoms with Crippen LogP contribution >= 0.6 is 23.5 Å². The van der Waals surface area contributed by atoms with Gasteiger partial charge in [0.25, 0.3) is 5.24 Å². The molecule has 138 valence electrons. The Morgan fingerprint density at radius 3 is 1.74 bits per heavy atom. The van der Waals surface area contributed by atoms with E-state index in [0.29, 0.717) is 0 Å². The highest BCUT2D eigenvalue weighted by Gasteiger charge is 2.03. The molecule has 0 spiro atoms. The predicted molar refractivity (Wildman–Crippen MR) is 106 cm³/mol. The van der Waals surface area contributed by atoms with Crippen LogP contribution in [0.4, 0.5) is 4.79 Å². The second kappa shape index (κ2) is 18.5. The molecule has 1 atom stereocenters. The second-order valence-corrected chi connectivity index (χ2v) is 8.37. The van der Waals surface area contributed by atoms with Crippen molar-refractivity contribution in [1.29, 1.82) is 0 Å². The summed E-state index contributed by atoms with van der Waals surface area (Å²) in [7, 11) is 0. The van der Waals surface area contributed by atoms with Crippen molar-refractivity contribution in [2.75, 3.05) is 17.8 Å². The van der Waals surface area contributed by atoms with Crippen LogP contribution in [0.1, 0.15) is 83.5 Å². The number of aliphatic hydroxyl groups excluding tert-OH is 1. The first-order chi connectivity index (χ1) is 11.2. The Kier molecular flexibility index (Phi) is 18.6. The SMILES string of the molecule is CSCCCCCCCCC(O)CCCCCCCSC(N)=O. The molecule has 5 heteroatoms. The lowest BCUT2D eigenvalue weighted by atomic mass is 10.0. The third kappa shape index (κ3) is 20.1. The highest BCUT2D eigenvalue weighted by molar-refractivity contribution is 8.13. The van der Waals surface area contributed by atoms with Gasteiger partial charge in [0, 0.05) is 5.75 Å². The van der Waals surface area contributed by atoms with Crippen molar-refractivity contribution in [3.8, 4) is 0 Å². The number of rotatable bonds is 17. The number of hydrogen-bond acceptors (Lipinski definition) is 4. The Morgan fingerprint density at radius 2 is 1.26 bits per heavy atom. The van der Waals surface area contributed by atoms with E-state index in [9.17, 15) is 9.90 Å². The quantitative estimate of drug-likeness (QED) is 0.330. The van der Waals surface area contributed by atoms with E-state index in [0.717, 1.165) is 37.9 Å². The molecule has 0 fully saturated rings. The Balaban J connectivity index is 3.16. The average molecular weight is 364 g/mol. The topological polar surface area (TPSA) is 63.3 Å². The summed E-state index contributed by atoms with van der Waals surface area (Å²) in [6.45, 7) is 0. The summed E-state index contributed by atoms with van der Waals surface area (Å²) >= 11 is 3.15. The van der Waals surface area contributed by atoms with E-state index < -0.39 is 0 Å². The first-order valence-corrected chi connectivity index (χ1v) is 11.6. The minimum absolute atomic E-state index is 0.100. The van der Waals surface area contributed by atoms with E-state index >= 15 is 0 Å². The van der Waals surface area contributed by atoms with Crippen LogP contribution in [0.25, 0.3) is 0 Å². The molecular weight excluding hydrogens is 326 g/mol. The first-order valence-electron chi connectivity index (χ1n) is 9.26. The molecule has 0 heterocycles. The van der Waals surface area contributed by atoms with Crippen LogP contribution in [0, 0.1) is 0 Å². The molecular formula is C18H37NO2S2. The van der Waals surface area contributed by atoms with Gasteiger partial charge in [-0.3, -0.25) is 4.79 Å². The standard InChI is InChI=1S/C18H37NO2S2/c1-22-15-11-7-3-2-5-9-13-17(20)14-10-6-4-8-12-16-23-18(19)21/h17,20H,2-16H2,1H3,(H2,19,21). The van der Waals surface area contributed by atoms with Gasteiger partial charge in [-0.25, -0.2) is 0 Å². The number of hydrogen-bond donors (Lipinski definition) is 2. The maximum Gasteiger partial charge on any atom is 0.276 e. The lowest BCUT2D eigenvalue weighted by Crippen LogP contribution is -2.06. The largest absolute Gasteiger partial charge is 0.393 e. The van der Waals surface area contributed by atoms with E-state index in [-0.39, 0.29) is 11.3 Å². The van der Waals surface area contributed by atoms with Gasteiger partial charge in [0.1, 0.15) is 0 Å². The molecule has 0 radical (unpaired) electrons. The number of carbonyl (C=O) groups is 1. The monoisotopic (exact) mass is 363 g/mol. The molecule has 3 N–H and O–H groups in total. The minimum Gasteiger partial charge on any atom is -0.393 e. The highest BCUT2D eigenvalue weighted by atomic mass is 32.2. The number of carbonyl (C=O) groups excluding carboxylic acids is 1. The van der Waals surface area contributed by atoms with Crippen LogP contribution in [0.2, 0.25) is 0 Å². The zero-order chi connectivity index (χ0) is 17.2. The third-order valence-electron chi connectivity index (χ3n) is 4.06. The number of amides is 1. The molecule has 0 aromatic heterocycles. The maximum absolute atomic E-state index is 10.6. The average Bonchev–Trinajstić information content (AvgIpc) is 2.52. The van der Waals surface area contributed by atoms with Crippen LogP contribution < -0.4 is 5.73 Å². The molecule has 0 aliphatic rings. The van der Waals surface area contributed by atoms with Crippen molar-refractivity contribution >= 4 is 28.8 Å². The summed E-state index contributed by atoms with van der Waals surface area (Å²) in [6.07, 6.45) is 17.6. The number of aliphatic hydroxyl groups is 1. The minimum atomic E-state index is -0.270. The first kappa shape index (κ1) is 23.1. The third-order valence-corrected chi connectivity index (χ3v) is 5.54. The van der Waals surface area contributed by atoms with Gasteiger partial charge < -0.3 is 10.8 Å². The summed E-state index contributed by atoms with van der Waals surface area (Å²) in [5, 5.41) is 9.70. The fourth-order valence-corrected chi connectivity index (χ4v) is 3.71. The fourth-order valence-electron chi connectivity index (χ4n) is 2.66. The number of unbranched alkanes of at least 4 members (excludes halogenated alkanes) is 9. The molecule has 0 aliphatic heterocycles. The van der Waals surface area contributed by atoms with Crippen LogP contribution in [0.3, 0.4) is 0 Å². The van der Waals surface area contributed by atoms with E-state index in [2.05, 4.69) is 6.26 Å². The molecule has 0 aromatic rings. The zero-order valence-electron chi connectivity index (χ0n) is 14.9. The lowest BCUT2D eigenvalue weighted by molar-refractivity contribution is 0.147. The van der Waals surface area contributed by atoms with E-state index in [4.69, 9.17) is 5.73 Å². The summed E-state index contributed by atoms with van der Waals surface area (Å²) in [5.74, 6) is 2.14. The van der Waals surface area contributed by atoms with Gasteiger partial charge in [0.2, 0.25) is 0 Å². The molecule has 1 unspecified atom stereocenters. The summed E-state index contributed by atoms with van der Waals surface area (Å²) in [5.41, 5.74) is 5.07. The van der Waals surface area contributed by atoms with Gasteiger partial charge in [-0.15, -0.1) is 0 Å². The fraction of sp³-hybridized carbons (Fsp3) is 0.944. The van der Waals surface area contributed by atoms with Crippen molar-refractivity contribution in [2.24, 2.45) is 5.73 Å². The maximum atomic E-state index is 10.6. The second-order valence-electron chi connectivity index (χ2n) is 6.28. The molecule has 23 heavy (non-hydrogen) atoms. The van der Waals surface area contributed by atoms with Gasteiger partial charge in [-0.05, 0) is 37.7 Å². The zero-order valence-corrected chi connectivity index (χ0v) is 16.6. The highest BCUT2D eigenvalue weighted by Crippen LogP contribution is 2.14. The van der Waals surface area contributed by atoms with Gasteiger partial charge in [0.15, 0.2) is 0 Å². The smallest absolute Gasteiger partial charge is 0.276 e. The van der Waals surface area contributed by atoms with Crippen LogP contribution in [0.15, 0.2) is 0 Å². The summed E-state index contributed by atoms with van der Waals surface area (Å²) in [4.78, 5) is 10.6. The summed E-state index contributed by atoms with van der Waals surface area (Å²) < 4.78 is 0. The molecule has 1 amide bonds. The molecule has 0 saturated heterocycles. The predicted octanol–water partition coefficient (Wildman–Crippen LogP) is 5.59. The molecule has 0 rings (SSSR count). The van der Waals surface area contributed by atoms with Gasteiger partial charge in [0.05, 0.1) is 6.10 Å². The van der Waals surface area contributed by atoms with Crippen LogP contribution in [0.5, 0.6) is 0 Å². The van der Waals surface area contributed by atoms with Crippen molar-refractivity contribution in [3.63, 3.8) is 0 Å². The molecule has 0 bridgehead atoms. The van der Waals surface area contributed by atoms with Gasteiger partial charge in [-0.2, -0.15) is 11.8 Å². The molecule has 0 saturated carbocycles. The molecule has 0 aromatic carbocycles. The van der Waals surface area contributed by atoms with Crippen LogP contribution in [-0.2, 0) is 0 Å². The van der Waals surface area contributed by atoms with E-state index in [1.54, 1.807) is 0 Å². The Morgan fingerprint density at radius 1 is 0.826 bits per heavy atom. The number of thioether (sulfide) groups is 2. The Labute approximate surface area is 151 Å². The molecule has 3 nitrogen and oxygen atoms in total. The van der Waals surface area contributed by atoms with Gasteiger partial charge in [-0.1, -0.05) is 69.5 Å².